The van der Waals surface area contributed by atoms with E-state index in [1.807, 2.05) is 6.07 Å². The number of carbonyl (C=O) groups is 1. The smallest absolute Gasteiger partial charge is 0.490 e. The first-order valence-electron chi connectivity index (χ1n) is 5.00. The fraction of sp³-hybridized carbons (Fsp3) is 0.364. The van der Waals surface area contributed by atoms with Gasteiger partial charge in [-0.15, -0.1) is 0 Å². The quantitative estimate of drug-likeness (QED) is 0.828. The summed E-state index contributed by atoms with van der Waals surface area (Å²) in [5.41, 5.74) is 1.18. The predicted molar refractivity (Wildman–Crippen MR) is 58.8 cm³/mol. The van der Waals surface area contributed by atoms with E-state index >= 15 is 0 Å². The maximum Gasteiger partial charge on any atom is 0.490 e. The van der Waals surface area contributed by atoms with Gasteiger partial charge in [0.2, 0.25) is 0 Å². The highest BCUT2D eigenvalue weighted by Gasteiger charge is 2.38. The summed E-state index contributed by atoms with van der Waals surface area (Å²) in [7, 11) is 0. The maximum atomic E-state index is 10.6. The van der Waals surface area contributed by atoms with E-state index < -0.39 is 12.1 Å². The summed E-state index contributed by atoms with van der Waals surface area (Å²) in [5, 5.41) is 16.9. The largest absolute Gasteiger partial charge is 0.508 e. The molecule has 0 saturated heterocycles. The van der Waals surface area contributed by atoms with Crippen LogP contribution in [0.5, 0.6) is 5.75 Å². The zero-order valence-corrected chi connectivity index (χ0v) is 9.79. The molecule has 2 N–H and O–H groups in total. The molecule has 0 amide bonds. The van der Waals surface area contributed by atoms with Gasteiger partial charge >= 0.3 is 12.1 Å². The van der Waals surface area contributed by atoms with E-state index in [0.29, 0.717) is 10.9 Å². The van der Waals surface area contributed by atoms with Crippen molar-refractivity contribution in [3.8, 4) is 5.75 Å². The van der Waals surface area contributed by atoms with Crippen molar-refractivity contribution in [2.24, 2.45) is 0 Å². The van der Waals surface area contributed by atoms with E-state index in [2.05, 4.69) is 0 Å². The Kier molecular flexibility index (Phi) is 4.45. The van der Waals surface area contributed by atoms with E-state index in [-0.39, 0.29) is 5.75 Å². The minimum atomic E-state index is -5.08. The third-order valence-corrected chi connectivity index (χ3v) is 2.57. The summed E-state index contributed by atoms with van der Waals surface area (Å²) in [5.74, 6) is -1.85. The Morgan fingerprint density at radius 3 is 2.17 bits per heavy atom. The van der Waals surface area contributed by atoms with Crippen molar-refractivity contribution in [1.82, 2.24) is 0 Å². The Balaban J connectivity index is 0.000000203. The molecule has 0 aliphatic heterocycles. The monoisotopic (exact) mass is 282 g/mol. The molecule has 7 heteroatoms. The van der Waals surface area contributed by atoms with Gasteiger partial charge in [0.15, 0.2) is 0 Å². The first-order valence-corrected chi connectivity index (χ1v) is 5.38. The van der Waals surface area contributed by atoms with Crippen molar-refractivity contribution in [2.45, 2.75) is 24.9 Å². The van der Waals surface area contributed by atoms with E-state index in [0.717, 1.165) is 0 Å². The van der Waals surface area contributed by atoms with Crippen LogP contribution in [0.2, 0.25) is 5.02 Å². The van der Waals surface area contributed by atoms with Crippen LogP contribution in [0.1, 0.15) is 24.3 Å². The summed E-state index contributed by atoms with van der Waals surface area (Å²) in [6.45, 7) is 0. The Morgan fingerprint density at radius 1 is 1.33 bits per heavy atom. The van der Waals surface area contributed by atoms with Crippen molar-refractivity contribution in [2.75, 3.05) is 0 Å². The lowest BCUT2D eigenvalue weighted by Crippen LogP contribution is -2.21. The molecule has 2 rings (SSSR count). The zero-order chi connectivity index (χ0) is 13.9. The van der Waals surface area contributed by atoms with Crippen molar-refractivity contribution >= 4 is 17.6 Å². The number of hydrogen-bond donors (Lipinski definition) is 2. The highest BCUT2D eigenvalue weighted by atomic mass is 35.5. The molecule has 0 radical (unpaired) electrons. The summed E-state index contributed by atoms with van der Waals surface area (Å²) in [6.07, 6.45) is -2.60. The molecule has 0 spiro atoms. The zero-order valence-electron chi connectivity index (χ0n) is 9.04. The number of aromatic hydroxyl groups is 1. The number of carboxylic acids is 1. The molecule has 1 aromatic rings. The number of alkyl halides is 3. The number of benzene rings is 1. The molecule has 0 atom stereocenters. The molecule has 1 aliphatic carbocycles. The standard InChI is InChI=1S/C9H9ClO.C2HF3O2/c10-9-5-7(11)3-4-8(9)6-1-2-6;3-2(4,5)1(6)7/h3-6,11H,1-2H2;(H,6,7). The number of carboxylic acid groups (broad SMARTS) is 1. The lowest BCUT2D eigenvalue weighted by molar-refractivity contribution is -0.192. The predicted octanol–water partition coefficient (Wildman–Crippen LogP) is 3.56. The van der Waals surface area contributed by atoms with Crippen LogP contribution in [-0.4, -0.2) is 22.4 Å². The van der Waals surface area contributed by atoms with Crippen LogP contribution in [0.25, 0.3) is 0 Å². The van der Waals surface area contributed by atoms with Gasteiger partial charge in [-0.25, -0.2) is 4.79 Å². The lowest BCUT2D eigenvalue weighted by Gasteiger charge is -2.00. The van der Waals surface area contributed by atoms with Crippen molar-refractivity contribution in [3.63, 3.8) is 0 Å². The highest BCUT2D eigenvalue weighted by molar-refractivity contribution is 6.31. The second-order valence-electron chi connectivity index (χ2n) is 3.78. The van der Waals surface area contributed by atoms with Crippen LogP contribution in [-0.2, 0) is 4.79 Å². The Labute approximate surface area is 106 Å². The molecule has 1 saturated carbocycles. The summed E-state index contributed by atoms with van der Waals surface area (Å²) in [6, 6.07) is 5.21. The molecule has 0 heterocycles. The first-order chi connectivity index (χ1) is 8.21. The van der Waals surface area contributed by atoms with Gasteiger partial charge in [-0.1, -0.05) is 17.7 Å². The van der Waals surface area contributed by atoms with Crippen LogP contribution in [0.4, 0.5) is 13.2 Å². The van der Waals surface area contributed by atoms with Crippen LogP contribution in [0.3, 0.4) is 0 Å². The van der Waals surface area contributed by atoms with Crippen molar-refractivity contribution in [1.29, 1.82) is 0 Å². The lowest BCUT2D eigenvalue weighted by atomic mass is 10.1. The van der Waals surface area contributed by atoms with Crippen LogP contribution >= 0.6 is 11.6 Å². The molecule has 0 bridgehead atoms. The van der Waals surface area contributed by atoms with E-state index in [9.17, 15) is 13.2 Å². The van der Waals surface area contributed by atoms with Gasteiger partial charge in [-0.05, 0) is 36.5 Å². The minimum Gasteiger partial charge on any atom is -0.508 e. The molecule has 3 nitrogen and oxygen atoms in total. The Morgan fingerprint density at radius 2 is 1.83 bits per heavy atom. The minimum absolute atomic E-state index is 0.249. The second-order valence-corrected chi connectivity index (χ2v) is 4.19. The van der Waals surface area contributed by atoms with Crippen LogP contribution in [0, 0.1) is 0 Å². The van der Waals surface area contributed by atoms with Gasteiger partial charge in [-0.3, -0.25) is 0 Å². The average Bonchev–Trinajstić information content (AvgIpc) is 3.00. The molecule has 1 aliphatic rings. The van der Waals surface area contributed by atoms with Crippen molar-refractivity contribution < 1.29 is 28.2 Å². The molecule has 1 fully saturated rings. The third-order valence-electron chi connectivity index (χ3n) is 2.24. The molecule has 0 aromatic heterocycles. The van der Waals surface area contributed by atoms with Gasteiger partial charge in [-0.2, -0.15) is 13.2 Å². The highest BCUT2D eigenvalue weighted by Crippen LogP contribution is 2.43. The fourth-order valence-electron chi connectivity index (χ4n) is 1.24. The van der Waals surface area contributed by atoms with Gasteiger partial charge in [0, 0.05) is 5.02 Å². The number of phenolic OH excluding ortho intramolecular Hbond substituents is 1. The van der Waals surface area contributed by atoms with Gasteiger partial charge in [0.05, 0.1) is 0 Å². The number of aliphatic carboxylic acids is 1. The number of halogens is 4. The van der Waals surface area contributed by atoms with E-state index in [4.69, 9.17) is 26.6 Å². The third kappa shape index (κ3) is 4.44. The number of rotatable bonds is 1. The SMILES string of the molecule is O=C(O)C(F)(F)F.Oc1ccc(C2CC2)c(Cl)c1. The molecular formula is C11H10ClF3O3. The average molecular weight is 283 g/mol. The second kappa shape index (κ2) is 5.48. The Bertz CT molecular complexity index is 442. The van der Waals surface area contributed by atoms with Crippen molar-refractivity contribution in [3.05, 3.63) is 28.8 Å². The fourth-order valence-corrected chi connectivity index (χ4v) is 1.57. The molecule has 1 aromatic carbocycles. The van der Waals surface area contributed by atoms with E-state index in [1.165, 1.54) is 18.4 Å². The first kappa shape index (κ1) is 14.6. The number of phenols is 1. The van der Waals surface area contributed by atoms with Gasteiger partial charge in [0.25, 0.3) is 0 Å². The number of hydrogen-bond acceptors (Lipinski definition) is 2. The maximum absolute atomic E-state index is 10.6. The summed E-state index contributed by atoms with van der Waals surface area (Å²) >= 11 is 5.90. The molecule has 18 heavy (non-hydrogen) atoms. The van der Waals surface area contributed by atoms with Gasteiger partial charge < -0.3 is 10.2 Å². The summed E-state index contributed by atoms with van der Waals surface area (Å²) < 4.78 is 31.7. The van der Waals surface area contributed by atoms with Gasteiger partial charge in [0.1, 0.15) is 5.75 Å². The molecule has 0 unspecified atom stereocenters. The summed E-state index contributed by atoms with van der Waals surface area (Å²) in [4.78, 5) is 8.90. The molecular weight excluding hydrogens is 273 g/mol. The van der Waals surface area contributed by atoms with Crippen LogP contribution in [0.15, 0.2) is 18.2 Å². The molecule has 100 valence electrons. The Hall–Kier alpha value is -1.43. The topological polar surface area (TPSA) is 57.5 Å². The van der Waals surface area contributed by atoms with Crippen LogP contribution < -0.4 is 0 Å². The van der Waals surface area contributed by atoms with E-state index in [1.54, 1.807) is 12.1 Å². The normalized spacial score (nSPS) is 14.7.